The number of fused-ring (bicyclic) bond motifs is 2. The molecule has 0 aliphatic rings. The van der Waals surface area contributed by atoms with Crippen LogP contribution < -0.4 is 9.47 Å². The van der Waals surface area contributed by atoms with Crippen molar-refractivity contribution >= 4 is 46.1 Å². The lowest BCUT2D eigenvalue weighted by Gasteiger charge is -2.12. The van der Waals surface area contributed by atoms with Gasteiger partial charge in [-0.1, -0.05) is 60.7 Å². The molecule has 0 aliphatic heterocycles. The molecule has 2 aromatic heterocycles. The zero-order valence-electron chi connectivity index (χ0n) is 20.5. The molecule has 39 heavy (non-hydrogen) atoms. The van der Waals surface area contributed by atoms with Gasteiger partial charge in [0.25, 0.3) is 0 Å². The van der Waals surface area contributed by atoms with Gasteiger partial charge in [-0.3, -0.25) is 4.79 Å². The summed E-state index contributed by atoms with van der Waals surface area (Å²) in [6.45, 7) is 0.709. The first-order valence-corrected chi connectivity index (χ1v) is 12.8. The topological polar surface area (TPSA) is 104 Å². The van der Waals surface area contributed by atoms with Gasteiger partial charge in [-0.15, -0.1) is 0 Å². The molecular formula is C30H21N3O5S. The molecule has 0 amide bonds. The second kappa shape index (κ2) is 10.4. The number of ether oxygens (including phenoxy) is 2. The van der Waals surface area contributed by atoms with Crippen molar-refractivity contribution < 1.29 is 24.2 Å². The maximum atomic E-state index is 11.9. The average Bonchev–Trinajstić information content (AvgIpc) is 3.54. The Hall–Kier alpha value is -5.02. The van der Waals surface area contributed by atoms with Crippen LogP contribution in [0.3, 0.4) is 0 Å². The number of hydrogen-bond donors (Lipinski definition) is 1. The summed E-state index contributed by atoms with van der Waals surface area (Å²) >= 11 is 1.14. The third-order valence-electron chi connectivity index (χ3n) is 6.41. The molecule has 0 unspecified atom stereocenters. The van der Waals surface area contributed by atoms with E-state index in [2.05, 4.69) is 8.75 Å². The molecule has 192 valence electrons. The maximum absolute atomic E-state index is 11.9. The molecule has 0 spiro atoms. The second-order valence-corrected chi connectivity index (χ2v) is 9.44. The third kappa shape index (κ3) is 4.95. The van der Waals surface area contributed by atoms with Crippen LogP contribution >= 0.6 is 11.7 Å². The molecule has 0 radical (unpaired) electrons. The van der Waals surface area contributed by atoms with Crippen LogP contribution in [0.15, 0.2) is 91.0 Å². The predicted octanol–water partition coefficient (Wildman–Crippen LogP) is 6.81. The second-order valence-electron chi connectivity index (χ2n) is 8.91. The molecule has 0 fully saturated rings. The van der Waals surface area contributed by atoms with Crippen molar-refractivity contribution in [3.63, 3.8) is 0 Å². The van der Waals surface area contributed by atoms with Crippen molar-refractivity contribution in [2.24, 2.45) is 0 Å². The molecule has 8 nitrogen and oxygen atoms in total. The van der Waals surface area contributed by atoms with Crippen LogP contribution in [0.1, 0.15) is 21.5 Å². The largest absolute Gasteiger partial charge is 0.512 e. The number of carbonyl (C=O) groups is 2. The zero-order chi connectivity index (χ0) is 26.8. The van der Waals surface area contributed by atoms with Crippen LogP contribution in [-0.2, 0) is 13.2 Å². The molecule has 9 heteroatoms. The van der Waals surface area contributed by atoms with Gasteiger partial charge < -0.3 is 19.1 Å². The van der Waals surface area contributed by atoms with Crippen LogP contribution in [0.25, 0.3) is 33.1 Å². The van der Waals surface area contributed by atoms with Gasteiger partial charge >= 0.3 is 6.16 Å². The summed E-state index contributed by atoms with van der Waals surface area (Å²) in [4.78, 5) is 23.1. The quantitative estimate of drug-likeness (QED) is 0.169. The lowest BCUT2D eigenvalue weighted by Crippen LogP contribution is -2.10. The highest BCUT2D eigenvalue weighted by Gasteiger charge is 2.23. The summed E-state index contributed by atoms with van der Waals surface area (Å²) in [6.07, 6.45) is -0.661. The lowest BCUT2D eigenvalue weighted by atomic mass is 10.0. The number of benzene rings is 4. The Morgan fingerprint density at radius 3 is 2.46 bits per heavy atom. The van der Waals surface area contributed by atoms with Crippen molar-refractivity contribution in [1.82, 2.24) is 13.3 Å². The number of hydrogen-bond acceptors (Lipinski definition) is 7. The Labute approximate surface area is 227 Å². The first-order chi connectivity index (χ1) is 19.1. The Morgan fingerprint density at radius 1 is 0.897 bits per heavy atom. The van der Waals surface area contributed by atoms with Crippen LogP contribution in [-0.4, -0.2) is 30.9 Å². The van der Waals surface area contributed by atoms with E-state index in [1.54, 1.807) is 24.3 Å². The number of nitrogens with zero attached hydrogens (tertiary/aromatic N) is 3. The summed E-state index contributed by atoms with van der Waals surface area (Å²) in [5.41, 5.74) is 6.09. The molecule has 0 saturated carbocycles. The molecule has 0 atom stereocenters. The molecule has 4 aromatic carbocycles. The minimum absolute atomic E-state index is 0.174. The van der Waals surface area contributed by atoms with E-state index in [0.717, 1.165) is 56.6 Å². The summed E-state index contributed by atoms with van der Waals surface area (Å²) < 4.78 is 22.0. The van der Waals surface area contributed by atoms with E-state index in [1.165, 1.54) is 0 Å². The summed E-state index contributed by atoms with van der Waals surface area (Å²) in [5, 5.41) is 10.5. The van der Waals surface area contributed by atoms with E-state index < -0.39 is 6.16 Å². The number of carbonyl (C=O) groups excluding carboxylic acids is 1. The molecular weight excluding hydrogens is 514 g/mol. The lowest BCUT2D eigenvalue weighted by molar-refractivity contribution is 0.112. The number of rotatable bonds is 8. The molecule has 2 heterocycles. The van der Waals surface area contributed by atoms with Crippen LogP contribution in [0, 0.1) is 0 Å². The van der Waals surface area contributed by atoms with Gasteiger partial charge in [0.15, 0.2) is 0 Å². The fraction of sp³-hybridized carbons (Fsp3) is 0.0667. The maximum Gasteiger partial charge on any atom is 0.512 e. The van der Waals surface area contributed by atoms with E-state index in [1.807, 2.05) is 71.3 Å². The minimum atomic E-state index is -1.43. The molecule has 6 rings (SSSR count). The average molecular weight is 536 g/mol. The third-order valence-corrected chi connectivity index (χ3v) is 6.97. The SMILES string of the molecule is O=Cc1ccc(-c2c(OC(=O)O)n(Cc3ccc4nsnc4c3)c3cc(OCc4ccccc4)ccc23)cc1. The van der Waals surface area contributed by atoms with Gasteiger partial charge in [0.1, 0.15) is 29.7 Å². The summed E-state index contributed by atoms with van der Waals surface area (Å²) in [7, 11) is 0. The Kier molecular flexibility index (Phi) is 6.48. The van der Waals surface area contributed by atoms with E-state index in [0.29, 0.717) is 30.0 Å². The summed E-state index contributed by atoms with van der Waals surface area (Å²) in [5.74, 6) is 0.807. The Bertz CT molecular complexity index is 1810. The zero-order valence-corrected chi connectivity index (χ0v) is 21.3. The van der Waals surface area contributed by atoms with Gasteiger partial charge in [0, 0.05) is 17.0 Å². The van der Waals surface area contributed by atoms with Crippen molar-refractivity contribution in [1.29, 1.82) is 0 Å². The number of aldehydes is 1. The molecule has 1 N–H and O–H groups in total. The molecule has 0 aliphatic carbocycles. The molecule has 0 bridgehead atoms. The Morgan fingerprint density at radius 2 is 1.69 bits per heavy atom. The smallest absolute Gasteiger partial charge is 0.489 e. The fourth-order valence-electron chi connectivity index (χ4n) is 4.60. The number of aromatic nitrogens is 3. The van der Waals surface area contributed by atoms with E-state index in [4.69, 9.17) is 9.47 Å². The van der Waals surface area contributed by atoms with Gasteiger partial charge in [0.2, 0.25) is 5.88 Å². The molecule has 0 saturated heterocycles. The minimum Gasteiger partial charge on any atom is -0.489 e. The highest BCUT2D eigenvalue weighted by Crippen LogP contribution is 2.42. The predicted molar refractivity (Wildman–Crippen MR) is 149 cm³/mol. The monoisotopic (exact) mass is 535 g/mol. The summed E-state index contributed by atoms with van der Waals surface area (Å²) in [6, 6.07) is 28.2. The van der Waals surface area contributed by atoms with Gasteiger partial charge in [-0.05, 0) is 41.0 Å². The van der Waals surface area contributed by atoms with Crippen molar-refractivity contribution in [3.8, 4) is 22.8 Å². The van der Waals surface area contributed by atoms with Crippen LogP contribution in [0.2, 0.25) is 0 Å². The molecule has 6 aromatic rings. The van der Waals surface area contributed by atoms with Gasteiger partial charge in [-0.25, -0.2) is 4.79 Å². The highest BCUT2D eigenvalue weighted by atomic mass is 32.1. The van der Waals surface area contributed by atoms with E-state index in [9.17, 15) is 14.7 Å². The van der Waals surface area contributed by atoms with E-state index >= 15 is 0 Å². The van der Waals surface area contributed by atoms with Crippen molar-refractivity contribution in [2.75, 3.05) is 0 Å². The first-order valence-electron chi connectivity index (χ1n) is 12.1. The first kappa shape index (κ1) is 24.3. The van der Waals surface area contributed by atoms with Crippen LogP contribution in [0.5, 0.6) is 11.6 Å². The Balaban J connectivity index is 1.51. The number of carboxylic acid groups (broad SMARTS) is 1. The fourth-order valence-corrected chi connectivity index (χ4v) is 5.12. The van der Waals surface area contributed by atoms with Crippen molar-refractivity contribution in [2.45, 2.75) is 13.2 Å². The van der Waals surface area contributed by atoms with Crippen molar-refractivity contribution in [3.05, 3.63) is 108 Å². The van der Waals surface area contributed by atoms with Crippen LogP contribution in [0.4, 0.5) is 4.79 Å². The van der Waals surface area contributed by atoms with E-state index in [-0.39, 0.29) is 5.88 Å². The standard InChI is InChI=1S/C30H21N3O5S/c34-17-19-6-9-22(10-7-19)28-24-12-11-23(37-18-20-4-2-1-3-5-20)15-27(24)33(29(28)38-30(35)36)16-21-8-13-25-26(14-21)32-39-31-25/h1-15,17H,16,18H2,(H,35,36). The highest BCUT2D eigenvalue weighted by molar-refractivity contribution is 7.00. The van der Waals surface area contributed by atoms with Gasteiger partial charge in [0.05, 0.1) is 29.4 Å². The van der Waals surface area contributed by atoms with Gasteiger partial charge in [-0.2, -0.15) is 8.75 Å². The normalized spacial score (nSPS) is 11.1.